The number of rotatable bonds is 3. The van der Waals surface area contributed by atoms with Crippen molar-refractivity contribution in [3.05, 3.63) is 59.9 Å². The molecule has 1 atom stereocenters. The number of amides is 2. The van der Waals surface area contributed by atoms with Crippen LogP contribution in [0, 0.1) is 6.92 Å². The molecule has 120 valence electrons. The van der Waals surface area contributed by atoms with Gasteiger partial charge in [0.25, 0.3) is 11.8 Å². The molecule has 0 radical (unpaired) electrons. The molecule has 3 rings (SSSR count). The first-order valence-electron chi connectivity index (χ1n) is 7.38. The fourth-order valence-electron chi connectivity index (χ4n) is 2.25. The Balaban J connectivity index is 1.81. The van der Waals surface area contributed by atoms with Gasteiger partial charge in [-0.1, -0.05) is 18.2 Å². The van der Waals surface area contributed by atoms with Crippen molar-refractivity contribution in [1.82, 2.24) is 9.99 Å². The van der Waals surface area contributed by atoms with Crippen LogP contribution < -0.4 is 0 Å². The number of nitrogens with zero attached hydrogens (tertiary/aromatic N) is 5. The van der Waals surface area contributed by atoms with Crippen molar-refractivity contribution in [2.24, 2.45) is 15.3 Å². The van der Waals surface area contributed by atoms with Crippen LogP contribution in [0.1, 0.15) is 22.8 Å². The second-order valence-electron chi connectivity index (χ2n) is 5.34. The van der Waals surface area contributed by atoms with Crippen LogP contribution in [0.15, 0.2) is 64.1 Å². The molecule has 1 aromatic carbocycles. The maximum atomic E-state index is 12.5. The maximum Gasteiger partial charge on any atom is 0.282 e. The molecule has 2 amide bonds. The fraction of sp³-hybridized carbons (Fsp3) is 0.176. The maximum absolute atomic E-state index is 12.5. The second kappa shape index (κ2) is 6.49. The Morgan fingerprint density at radius 2 is 1.83 bits per heavy atom. The van der Waals surface area contributed by atoms with Crippen molar-refractivity contribution in [3.8, 4) is 0 Å². The molecule has 1 aliphatic rings. The van der Waals surface area contributed by atoms with Crippen LogP contribution >= 0.6 is 0 Å². The molecular weight excluding hydrogens is 306 g/mol. The van der Waals surface area contributed by atoms with Crippen molar-refractivity contribution in [2.75, 3.05) is 0 Å². The van der Waals surface area contributed by atoms with Crippen LogP contribution in [0.3, 0.4) is 0 Å². The summed E-state index contributed by atoms with van der Waals surface area (Å²) in [5, 5.41) is 13.1. The number of imide groups is 1. The van der Waals surface area contributed by atoms with E-state index in [0.29, 0.717) is 17.0 Å². The van der Waals surface area contributed by atoms with Crippen LogP contribution in [0.5, 0.6) is 0 Å². The molecule has 0 saturated heterocycles. The highest BCUT2D eigenvalue weighted by Crippen LogP contribution is 2.21. The quantitative estimate of drug-likeness (QED) is 0.643. The normalized spacial score (nSPS) is 17.4. The van der Waals surface area contributed by atoms with Gasteiger partial charge in [0.2, 0.25) is 0 Å². The Kier molecular flexibility index (Phi) is 4.24. The number of aryl methyl sites for hydroxylation is 1. The minimum Gasteiger partial charge on any atom is -0.269 e. The van der Waals surface area contributed by atoms with Crippen molar-refractivity contribution in [3.63, 3.8) is 0 Å². The summed E-state index contributed by atoms with van der Waals surface area (Å²) < 4.78 is 0. The van der Waals surface area contributed by atoms with E-state index in [1.165, 1.54) is 24.5 Å². The molecule has 0 bridgehead atoms. The van der Waals surface area contributed by atoms with Gasteiger partial charge in [0.1, 0.15) is 0 Å². The molecule has 2 heterocycles. The van der Waals surface area contributed by atoms with E-state index in [-0.39, 0.29) is 0 Å². The van der Waals surface area contributed by atoms with E-state index in [4.69, 9.17) is 0 Å². The summed E-state index contributed by atoms with van der Waals surface area (Å²) >= 11 is 0. The summed E-state index contributed by atoms with van der Waals surface area (Å²) in [6.07, 6.45) is 2.97. The van der Waals surface area contributed by atoms with E-state index < -0.39 is 17.9 Å². The zero-order valence-corrected chi connectivity index (χ0v) is 13.2. The van der Waals surface area contributed by atoms with E-state index in [1.54, 1.807) is 6.92 Å². The Bertz CT molecular complexity index is 845. The minimum absolute atomic E-state index is 0.339. The summed E-state index contributed by atoms with van der Waals surface area (Å²) in [4.78, 5) is 28.7. The first kappa shape index (κ1) is 15.7. The van der Waals surface area contributed by atoms with Gasteiger partial charge in [-0.05, 0) is 37.6 Å². The molecule has 0 spiro atoms. The Morgan fingerprint density at radius 1 is 1.12 bits per heavy atom. The van der Waals surface area contributed by atoms with Crippen LogP contribution in [-0.2, 0) is 4.79 Å². The number of carbonyl (C=O) groups is 2. The van der Waals surface area contributed by atoms with E-state index in [0.717, 1.165) is 10.6 Å². The van der Waals surface area contributed by atoms with Gasteiger partial charge >= 0.3 is 0 Å². The topological polar surface area (TPSA) is 87.4 Å². The number of carbonyl (C=O) groups excluding carboxylic acids is 2. The van der Waals surface area contributed by atoms with E-state index in [9.17, 15) is 9.59 Å². The minimum atomic E-state index is -0.879. The van der Waals surface area contributed by atoms with Crippen molar-refractivity contribution in [1.29, 1.82) is 0 Å². The number of hydrogen-bond donors (Lipinski definition) is 0. The molecule has 7 nitrogen and oxygen atoms in total. The highest BCUT2D eigenvalue weighted by Gasteiger charge is 2.38. The second-order valence-corrected chi connectivity index (χ2v) is 5.34. The third-order valence-corrected chi connectivity index (χ3v) is 3.61. The fourth-order valence-corrected chi connectivity index (χ4v) is 2.25. The molecule has 0 aliphatic carbocycles. The predicted molar refractivity (Wildman–Crippen MR) is 88.0 cm³/mol. The summed E-state index contributed by atoms with van der Waals surface area (Å²) in [5.41, 5.74) is 2.40. The number of pyridine rings is 1. The van der Waals surface area contributed by atoms with Crippen LogP contribution in [-0.4, -0.2) is 33.6 Å². The number of azo groups is 1. The Morgan fingerprint density at radius 3 is 2.54 bits per heavy atom. The highest BCUT2D eigenvalue weighted by atomic mass is 16.2. The molecule has 2 aromatic rings. The standard InChI is InChI=1S/C17H15N5O2/c1-11-5-3-4-6-14(11)19-20-15-12(2)21-22(17(15)24)16(23)13-7-9-18-10-8-13/h3-10,15H,1-2H3. The van der Waals surface area contributed by atoms with Crippen molar-refractivity contribution < 1.29 is 9.59 Å². The zero-order valence-electron chi connectivity index (χ0n) is 13.2. The van der Waals surface area contributed by atoms with E-state index in [1.807, 2.05) is 31.2 Å². The average molecular weight is 321 g/mol. The highest BCUT2D eigenvalue weighted by molar-refractivity contribution is 6.18. The number of hydrazone groups is 1. The molecule has 24 heavy (non-hydrogen) atoms. The molecule has 0 saturated carbocycles. The monoisotopic (exact) mass is 321 g/mol. The van der Waals surface area contributed by atoms with Crippen molar-refractivity contribution in [2.45, 2.75) is 19.9 Å². The van der Waals surface area contributed by atoms with Gasteiger partial charge in [0.05, 0.1) is 11.4 Å². The molecule has 0 N–H and O–H groups in total. The SMILES string of the molecule is CC1=NN(C(=O)c2ccncc2)C(=O)C1N=Nc1ccccc1C. The molecule has 1 aromatic heterocycles. The van der Waals surface area contributed by atoms with Gasteiger partial charge in [-0.2, -0.15) is 20.3 Å². The van der Waals surface area contributed by atoms with E-state index in [2.05, 4.69) is 20.3 Å². The van der Waals surface area contributed by atoms with Crippen molar-refractivity contribution >= 4 is 23.2 Å². The summed E-state index contributed by atoms with van der Waals surface area (Å²) in [5.74, 6) is -1.01. The van der Waals surface area contributed by atoms with Gasteiger partial charge in [-0.25, -0.2) is 0 Å². The molecule has 1 aliphatic heterocycles. The first-order chi connectivity index (χ1) is 11.6. The van der Waals surface area contributed by atoms with Gasteiger partial charge in [0, 0.05) is 18.0 Å². The average Bonchev–Trinajstić information content (AvgIpc) is 2.89. The van der Waals surface area contributed by atoms with Crippen LogP contribution in [0.4, 0.5) is 5.69 Å². The van der Waals surface area contributed by atoms with Gasteiger partial charge in [0.15, 0.2) is 6.04 Å². The summed E-state index contributed by atoms with van der Waals surface area (Å²) in [6.45, 7) is 3.56. The smallest absolute Gasteiger partial charge is 0.269 e. The lowest BCUT2D eigenvalue weighted by molar-refractivity contribution is -0.127. The summed E-state index contributed by atoms with van der Waals surface area (Å²) in [6, 6.07) is 9.64. The zero-order chi connectivity index (χ0) is 17.1. The molecule has 1 unspecified atom stereocenters. The Hall–Kier alpha value is -3.22. The van der Waals surface area contributed by atoms with Crippen LogP contribution in [0.25, 0.3) is 0 Å². The van der Waals surface area contributed by atoms with Gasteiger partial charge < -0.3 is 0 Å². The number of hydrogen-bond acceptors (Lipinski definition) is 6. The predicted octanol–water partition coefficient (Wildman–Crippen LogP) is 2.90. The lowest BCUT2D eigenvalue weighted by Crippen LogP contribution is -2.34. The van der Waals surface area contributed by atoms with Crippen LogP contribution in [0.2, 0.25) is 0 Å². The Labute approximate surface area is 138 Å². The molecular formula is C17H15N5O2. The first-order valence-corrected chi connectivity index (χ1v) is 7.38. The summed E-state index contributed by atoms with van der Waals surface area (Å²) in [7, 11) is 0. The van der Waals surface area contributed by atoms with Gasteiger partial charge in [-0.3, -0.25) is 14.6 Å². The number of aromatic nitrogens is 1. The number of benzene rings is 1. The van der Waals surface area contributed by atoms with E-state index >= 15 is 0 Å². The molecule has 7 heteroatoms. The lowest BCUT2D eigenvalue weighted by Gasteiger charge is -2.10. The third-order valence-electron chi connectivity index (χ3n) is 3.61. The lowest BCUT2D eigenvalue weighted by atomic mass is 10.2. The molecule has 0 fully saturated rings. The van der Waals surface area contributed by atoms with Gasteiger partial charge in [-0.15, -0.1) is 0 Å². The third kappa shape index (κ3) is 2.96. The largest absolute Gasteiger partial charge is 0.282 e.